The second kappa shape index (κ2) is 29.3. The first kappa shape index (κ1) is 45.7. The highest BCUT2D eigenvalue weighted by Gasteiger charge is 2.21. The number of aromatic hydroxyl groups is 4. The van der Waals surface area contributed by atoms with Gasteiger partial charge in [-0.25, -0.2) is 0 Å². The summed E-state index contributed by atoms with van der Waals surface area (Å²) < 4.78 is 0. The molecule has 2 aromatic rings. The van der Waals surface area contributed by atoms with Crippen molar-refractivity contribution in [1.29, 1.82) is 0 Å². The molecule has 0 unspecified atom stereocenters. The van der Waals surface area contributed by atoms with Crippen LogP contribution in [0.4, 0.5) is 0 Å². The van der Waals surface area contributed by atoms with Gasteiger partial charge in [-0.05, 0) is 56.2 Å². The summed E-state index contributed by atoms with van der Waals surface area (Å²) in [4.78, 5) is 26.1. The van der Waals surface area contributed by atoms with Crippen molar-refractivity contribution in [2.75, 3.05) is 39.3 Å². The lowest BCUT2D eigenvalue weighted by Gasteiger charge is -2.12. The Morgan fingerprint density at radius 1 is 0.365 bits per heavy atom. The summed E-state index contributed by atoms with van der Waals surface area (Å²) in [6.45, 7) is 16.9. The highest BCUT2D eigenvalue weighted by molar-refractivity contribution is 6.03. The zero-order valence-corrected chi connectivity index (χ0v) is 32.8. The lowest BCUT2D eigenvalue weighted by atomic mass is 10.0. The average Bonchev–Trinajstić information content (AvgIpc) is 3.14. The highest BCUT2D eigenvalue weighted by Crippen LogP contribution is 2.39. The van der Waals surface area contributed by atoms with E-state index in [1.165, 1.54) is 18.6 Å². The minimum atomic E-state index is -0.226. The van der Waals surface area contributed by atoms with Crippen molar-refractivity contribution in [2.24, 2.45) is 30.0 Å². The summed E-state index contributed by atoms with van der Waals surface area (Å²) in [5, 5.41) is 42.2. The average molecular weight is 719 g/mol. The van der Waals surface area contributed by atoms with E-state index < -0.39 is 0 Å². The molecule has 10 nitrogen and oxygen atoms in total. The number of unbranched alkanes of at least 4 members (excludes halogenated alkanes) is 6. The van der Waals surface area contributed by atoms with Crippen LogP contribution in [0.25, 0.3) is 0 Å². The number of nitrogens with zero attached hydrogens (tertiary/aromatic N) is 6. The van der Waals surface area contributed by atoms with Crippen molar-refractivity contribution in [3.05, 3.63) is 45.5 Å². The van der Waals surface area contributed by atoms with Crippen LogP contribution in [0.3, 0.4) is 0 Å². The van der Waals surface area contributed by atoms with E-state index in [4.69, 9.17) is 0 Å². The van der Waals surface area contributed by atoms with E-state index in [2.05, 4.69) is 71.5 Å². The molecule has 0 saturated heterocycles. The highest BCUT2D eigenvalue weighted by atomic mass is 16.3. The number of benzene rings is 2. The third-order valence-electron chi connectivity index (χ3n) is 7.93. The van der Waals surface area contributed by atoms with Gasteiger partial charge in [0.15, 0.2) is 0 Å². The summed E-state index contributed by atoms with van der Waals surface area (Å²) >= 11 is 0. The Bertz CT molecular complexity index is 1310. The van der Waals surface area contributed by atoms with Crippen LogP contribution in [0.15, 0.2) is 42.1 Å². The Hall–Kier alpha value is -4.34. The van der Waals surface area contributed by atoms with Gasteiger partial charge in [0.25, 0.3) is 0 Å². The van der Waals surface area contributed by atoms with Crippen molar-refractivity contribution in [3.8, 4) is 23.0 Å². The van der Waals surface area contributed by atoms with Crippen molar-refractivity contribution in [3.63, 3.8) is 0 Å². The quantitative estimate of drug-likeness (QED) is 0.0630. The molecule has 0 spiro atoms. The Labute approximate surface area is 313 Å². The summed E-state index contributed by atoms with van der Waals surface area (Å²) in [6, 6.07) is 3.87. The van der Waals surface area contributed by atoms with E-state index in [0.717, 1.165) is 113 Å². The largest absolute Gasteiger partial charge is 0.507 e. The molecule has 0 amide bonds. The van der Waals surface area contributed by atoms with Gasteiger partial charge >= 0.3 is 0 Å². The van der Waals surface area contributed by atoms with Crippen LogP contribution >= 0.6 is 0 Å². The fourth-order valence-corrected chi connectivity index (χ4v) is 4.57. The first-order valence-corrected chi connectivity index (χ1v) is 19.5. The Kier molecular flexibility index (Phi) is 25.7. The fraction of sp³-hybridized carbons (Fsp3) is 0.571. The molecule has 10 heteroatoms. The molecule has 0 heterocycles. The van der Waals surface area contributed by atoms with Crippen molar-refractivity contribution >= 4 is 37.3 Å². The molecule has 0 aliphatic heterocycles. The predicted molar refractivity (Wildman–Crippen MR) is 224 cm³/mol. The molecule has 0 saturated carbocycles. The minimum absolute atomic E-state index is 0.179. The molecular weight excluding hydrogens is 652 g/mol. The van der Waals surface area contributed by atoms with Gasteiger partial charge in [0, 0.05) is 87.7 Å². The molecule has 52 heavy (non-hydrogen) atoms. The van der Waals surface area contributed by atoms with Crippen LogP contribution in [0.2, 0.25) is 0 Å². The molecular formula is C42H66N6O4. The summed E-state index contributed by atoms with van der Waals surface area (Å²) in [5.74, 6) is -0.435. The third-order valence-corrected chi connectivity index (χ3v) is 7.93. The third kappa shape index (κ3) is 17.7. The first-order valence-electron chi connectivity index (χ1n) is 19.5. The van der Waals surface area contributed by atoms with Crippen LogP contribution in [0.1, 0.15) is 152 Å². The summed E-state index contributed by atoms with van der Waals surface area (Å²) in [7, 11) is 0. The lowest BCUT2D eigenvalue weighted by Crippen LogP contribution is -1.99. The number of rotatable bonds is 24. The van der Waals surface area contributed by atoms with Crippen molar-refractivity contribution in [2.45, 2.75) is 119 Å². The van der Waals surface area contributed by atoms with Crippen LogP contribution in [-0.2, 0) is 0 Å². The number of hydrogen-bond acceptors (Lipinski definition) is 10. The van der Waals surface area contributed by atoms with Crippen LogP contribution in [-0.4, -0.2) is 97.0 Å². The summed E-state index contributed by atoms with van der Waals surface area (Å²) in [5.41, 5.74) is 2.97. The van der Waals surface area contributed by atoms with Gasteiger partial charge in [-0.3, -0.25) is 30.0 Å². The van der Waals surface area contributed by atoms with Crippen LogP contribution in [0, 0.1) is 0 Å². The van der Waals surface area contributed by atoms with Gasteiger partial charge in [-0.1, -0.05) is 80.1 Å². The standard InChI is InChI=1S/C21H33N3O3.C21H33N3O/c1-4-7-10-22-13-16-19(25)17(14-23-11-8-5-2)21(27)18(20(16)26)15-24-12-9-6-3;1-4-7-10-22-15-18-13-19(16-23-11-8-5-2)21(25)20(14-18)17-24-12-9-6-3/h13-15,25-27H,4-12H2,1-3H3;13-17,25H,4-12H2,1-3H3. The Balaban J connectivity index is 0.000000522. The first-order chi connectivity index (χ1) is 25.3. The zero-order chi connectivity index (χ0) is 38.4. The Morgan fingerprint density at radius 3 is 0.885 bits per heavy atom. The number of phenols is 4. The lowest BCUT2D eigenvalue weighted by molar-refractivity contribution is 0.424. The molecule has 2 aromatic carbocycles. The maximum atomic E-state index is 10.6. The van der Waals surface area contributed by atoms with Crippen molar-refractivity contribution in [1.82, 2.24) is 0 Å². The maximum Gasteiger partial charge on any atom is 0.140 e. The van der Waals surface area contributed by atoms with E-state index in [-0.39, 0.29) is 39.7 Å². The molecule has 2 rings (SSSR count). The maximum absolute atomic E-state index is 10.6. The second-order valence-electron chi connectivity index (χ2n) is 12.7. The molecule has 288 valence electrons. The SMILES string of the molecule is CCCCN=Cc1c(O)c(C=NCCCC)c(O)c(C=NCCCC)c1O.CCCCN=Cc1cc(C=NCCCC)c(O)c(C=NCCCC)c1. The predicted octanol–water partition coefficient (Wildman–Crippen LogP) is 9.51. The topological polar surface area (TPSA) is 155 Å². The van der Waals surface area contributed by atoms with Gasteiger partial charge in [0.05, 0.1) is 16.7 Å². The van der Waals surface area contributed by atoms with E-state index >= 15 is 0 Å². The monoisotopic (exact) mass is 719 g/mol. The number of hydrogen-bond donors (Lipinski definition) is 4. The van der Waals surface area contributed by atoms with E-state index in [1.54, 1.807) is 12.4 Å². The van der Waals surface area contributed by atoms with Gasteiger partial charge < -0.3 is 20.4 Å². The summed E-state index contributed by atoms with van der Waals surface area (Å²) in [6.07, 6.45) is 22.1. The van der Waals surface area contributed by atoms with Crippen molar-refractivity contribution < 1.29 is 20.4 Å². The van der Waals surface area contributed by atoms with Gasteiger partial charge in [0.1, 0.15) is 23.0 Å². The fourth-order valence-electron chi connectivity index (χ4n) is 4.57. The zero-order valence-electron chi connectivity index (χ0n) is 32.8. The number of phenolic OH excluding ortho intramolecular Hbond substituents is 4. The molecule has 4 N–H and O–H groups in total. The van der Waals surface area contributed by atoms with E-state index in [1.807, 2.05) is 18.3 Å². The van der Waals surface area contributed by atoms with E-state index in [0.29, 0.717) is 19.6 Å². The normalized spacial score (nSPS) is 12.1. The van der Waals surface area contributed by atoms with E-state index in [9.17, 15) is 20.4 Å². The molecule has 0 fully saturated rings. The molecule has 0 bridgehead atoms. The molecule has 0 aromatic heterocycles. The second-order valence-corrected chi connectivity index (χ2v) is 12.7. The smallest absolute Gasteiger partial charge is 0.140 e. The van der Waals surface area contributed by atoms with Crippen LogP contribution < -0.4 is 0 Å². The van der Waals surface area contributed by atoms with Gasteiger partial charge in [-0.2, -0.15) is 0 Å². The van der Waals surface area contributed by atoms with Crippen LogP contribution in [0.5, 0.6) is 23.0 Å². The molecule has 0 aliphatic carbocycles. The molecule has 0 radical (unpaired) electrons. The number of aliphatic imine (C=N–C) groups is 6. The van der Waals surface area contributed by atoms with Gasteiger partial charge in [0.2, 0.25) is 0 Å². The minimum Gasteiger partial charge on any atom is -0.507 e. The molecule has 0 atom stereocenters. The van der Waals surface area contributed by atoms with Gasteiger partial charge in [-0.15, -0.1) is 0 Å². The Morgan fingerprint density at radius 2 is 0.615 bits per heavy atom. The molecule has 0 aliphatic rings.